The lowest BCUT2D eigenvalue weighted by atomic mass is 10.2. The van der Waals surface area contributed by atoms with Crippen molar-refractivity contribution in [2.24, 2.45) is 0 Å². The van der Waals surface area contributed by atoms with Crippen molar-refractivity contribution in [3.63, 3.8) is 0 Å². The molecular formula is C20H22FN3O2S. The average molecular weight is 387 g/mol. The summed E-state index contributed by atoms with van der Waals surface area (Å²) in [6.07, 6.45) is 3.46. The van der Waals surface area contributed by atoms with Gasteiger partial charge in [0.25, 0.3) is 0 Å². The Morgan fingerprint density at radius 2 is 1.81 bits per heavy atom. The van der Waals surface area contributed by atoms with E-state index < -0.39 is 0 Å². The number of rotatable bonds is 5. The third-order valence-corrected chi connectivity index (χ3v) is 5.30. The normalized spacial score (nSPS) is 15.3. The number of nitrogens with zero attached hydrogens (tertiary/aromatic N) is 2. The molecule has 1 aromatic heterocycles. The molecule has 0 radical (unpaired) electrons. The number of carbonyl (C=O) groups is 2. The zero-order valence-corrected chi connectivity index (χ0v) is 16.0. The summed E-state index contributed by atoms with van der Waals surface area (Å²) in [6, 6.07) is 9.72. The van der Waals surface area contributed by atoms with Gasteiger partial charge in [-0.1, -0.05) is 0 Å². The molecule has 7 heteroatoms. The first-order valence-electron chi connectivity index (χ1n) is 8.81. The number of anilines is 1. The van der Waals surface area contributed by atoms with Gasteiger partial charge in [-0.15, -0.1) is 11.3 Å². The van der Waals surface area contributed by atoms with Crippen LogP contribution in [0.3, 0.4) is 0 Å². The Kier molecular flexibility index (Phi) is 6.36. The van der Waals surface area contributed by atoms with E-state index in [4.69, 9.17) is 0 Å². The molecule has 142 valence electrons. The highest BCUT2D eigenvalue weighted by molar-refractivity contribution is 7.12. The van der Waals surface area contributed by atoms with Gasteiger partial charge >= 0.3 is 0 Å². The number of nitrogens with one attached hydrogen (secondary N) is 1. The van der Waals surface area contributed by atoms with Crippen molar-refractivity contribution in [2.75, 3.05) is 38.0 Å². The molecule has 0 saturated carbocycles. The van der Waals surface area contributed by atoms with Crippen molar-refractivity contribution >= 4 is 34.9 Å². The van der Waals surface area contributed by atoms with Crippen molar-refractivity contribution in [1.29, 1.82) is 0 Å². The third kappa shape index (κ3) is 5.74. The summed E-state index contributed by atoms with van der Waals surface area (Å²) in [5.74, 6) is -0.483. The molecule has 1 saturated heterocycles. The Morgan fingerprint density at radius 3 is 2.44 bits per heavy atom. The van der Waals surface area contributed by atoms with E-state index in [1.54, 1.807) is 22.3 Å². The zero-order chi connectivity index (χ0) is 19.2. The molecule has 3 rings (SSSR count). The molecule has 1 fully saturated rings. The van der Waals surface area contributed by atoms with E-state index in [9.17, 15) is 14.0 Å². The first kappa shape index (κ1) is 19.3. The van der Waals surface area contributed by atoms with Gasteiger partial charge in [0.15, 0.2) is 0 Å². The topological polar surface area (TPSA) is 52.7 Å². The van der Waals surface area contributed by atoms with Crippen molar-refractivity contribution in [1.82, 2.24) is 9.80 Å². The number of thiophene rings is 1. The molecule has 1 N–H and O–H groups in total. The van der Waals surface area contributed by atoms with Crippen LogP contribution >= 0.6 is 11.3 Å². The van der Waals surface area contributed by atoms with E-state index in [0.717, 1.165) is 4.88 Å². The highest BCUT2D eigenvalue weighted by Gasteiger charge is 2.21. The monoisotopic (exact) mass is 387 g/mol. The molecule has 2 heterocycles. The van der Waals surface area contributed by atoms with Crippen molar-refractivity contribution in [2.45, 2.75) is 6.92 Å². The fourth-order valence-corrected chi connectivity index (χ4v) is 3.65. The van der Waals surface area contributed by atoms with Gasteiger partial charge in [-0.3, -0.25) is 14.5 Å². The summed E-state index contributed by atoms with van der Waals surface area (Å²) >= 11 is 1.65. The minimum atomic E-state index is -0.336. The first-order chi connectivity index (χ1) is 13.0. The van der Waals surface area contributed by atoms with Crippen LogP contribution in [0.2, 0.25) is 0 Å². The second kappa shape index (κ2) is 8.92. The predicted molar refractivity (Wildman–Crippen MR) is 106 cm³/mol. The van der Waals surface area contributed by atoms with Gasteiger partial charge in [0.2, 0.25) is 11.8 Å². The molecule has 0 spiro atoms. The quantitative estimate of drug-likeness (QED) is 0.803. The van der Waals surface area contributed by atoms with Crippen LogP contribution < -0.4 is 5.32 Å². The van der Waals surface area contributed by atoms with Crippen molar-refractivity contribution < 1.29 is 14.0 Å². The summed E-state index contributed by atoms with van der Waals surface area (Å²) in [4.78, 5) is 30.5. The van der Waals surface area contributed by atoms with Crippen LogP contribution in [-0.4, -0.2) is 54.3 Å². The van der Waals surface area contributed by atoms with Crippen LogP contribution in [-0.2, 0) is 9.59 Å². The van der Waals surface area contributed by atoms with E-state index in [1.807, 2.05) is 30.0 Å². The van der Waals surface area contributed by atoms with Crippen LogP contribution in [0.1, 0.15) is 9.75 Å². The second-order valence-corrected chi connectivity index (χ2v) is 7.76. The second-order valence-electron chi connectivity index (χ2n) is 6.44. The maximum absolute atomic E-state index is 12.9. The smallest absolute Gasteiger partial charge is 0.246 e. The van der Waals surface area contributed by atoms with Crippen LogP contribution in [0.25, 0.3) is 6.08 Å². The number of aryl methyl sites for hydroxylation is 1. The van der Waals surface area contributed by atoms with Gasteiger partial charge in [0, 0.05) is 47.7 Å². The lowest BCUT2D eigenvalue weighted by Crippen LogP contribution is -2.50. The Hall–Kier alpha value is -2.51. The maximum atomic E-state index is 12.9. The van der Waals surface area contributed by atoms with Crippen LogP contribution in [0, 0.1) is 12.7 Å². The Morgan fingerprint density at radius 1 is 1.11 bits per heavy atom. The summed E-state index contributed by atoms with van der Waals surface area (Å²) in [6.45, 7) is 4.77. The van der Waals surface area contributed by atoms with E-state index in [2.05, 4.69) is 5.32 Å². The van der Waals surface area contributed by atoms with Crippen molar-refractivity contribution in [3.8, 4) is 0 Å². The van der Waals surface area contributed by atoms with E-state index in [-0.39, 0.29) is 24.2 Å². The third-order valence-electron chi connectivity index (χ3n) is 4.33. The Bertz CT molecular complexity index is 824. The number of carbonyl (C=O) groups excluding carboxylic acids is 2. The number of benzene rings is 1. The molecule has 0 atom stereocenters. The lowest BCUT2D eigenvalue weighted by molar-refractivity contribution is -0.127. The summed E-state index contributed by atoms with van der Waals surface area (Å²) in [5.41, 5.74) is 0.573. The molecule has 0 bridgehead atoms. The van der Waals surface area contributed by atoms with E-state index in [1.165, 1.54) is 29.1 Å². The van der Waals surface area contributed by atoms with Gasteiger partial charge in [0.05, 0.1) is 6.54 Å². The molecule has 2 aromatic rings. The highest BCUT2D eigenvalue weighted by Crippen LogP contribution is 2.16. The molecule has 0 unspecified atom stereocenters. The summed E-state index contributed by atoms with van der Waals surface area (Å²) < 4.78 is 12.9. The van der Waals surface area contributed by atoms with Gasteiger partial charge in [-0.25, -0.2) is 4.39 Å². The minimum Gasteiger partial charge on any atom is -0.337 e. The van der Waals surface area contributed by atoms with E-state index >= 15 is 0 Å². The number of hydrogen-bond donors (Lipinski definition) is 1. The zero-order valence-electron chi connectivity index (χ0n) is 15.2. The van der Waals surface area contributed by atoms with Gasteiger partial charge in [-0.05, 0) is 49.4 Å². The largest absolute Gasteiger partial charge is 0.337 e. The lowest BCUT2D eigenvalue weighted by Gasteiger charge is -2.33. The molecule has 0 aliphatic carbocycles. The van der Waals surface area contributed by atoms with Crippen LogP contribution in [0.15, 0.2) is 42.5 Å². The number of piperazine rings is 1. The summed E-state index contributed by atoms with van der Waals surface area (Å²) in [5, 5.41) is 2.75. The number of amides is 2. The molecule has 1 aliphatic heterocycles. The predicted octanol–water partition coefficient (Wildman–Crippen LogP) is 2.99. The molecule has 1 aliphatic rings. The molecule has 5 nitrogen and oxygen atoms in total. The first-order valence-corrected chi connectivity index (χ1v) is 9.62. The van der Waals surface area contributed by atoms with Gasteiger partial charge < -0.3 is 10.2 Å². The minimum absolute atomic E-state index is 0.00327. The molecule has 2 amide bonds. The van der Waals surface area contributed by atoms with Gasteiger partial charge in [0.1, 0.15) is 5.82 Å². The highest BCUT2D eigenvalue weighted by atomic mass is 32.1. The fraction of sp³-hybridized carbons (Fsp3) is 0.300. The van der Waals surface area contributed by atoms with Crippen LogP contribution in [0.5, 0.6) is 0 Å². The van der Waals surface area contributed by atoms with Crippen LogP contribution in [0.4, 0.5) is 10.1 Å². The van der Waals surface area contributed by atoms with Gasteiger partial charge in [-0.2, -0.15) is 0 Å². The molecular weight excluding hydrogens is 365 g/mol. The number of halogens is 1. The Labute approximate surface area is 162 Å². The fourth-order valence-electron chi connectivity index (χ4n) is 2.87. The maximum Gasteiger partial charge on any atom is 0.246 e. The molecule has 27 heavy (non-hydrogen) atoms. The Balaban J connectivity index is 1.42. The van der Waals surface area contributed by atoms with E-state index in [0.29, 0.717) is 31.9 Å². The van der Waals surface area contributed by atoms with Crippen molar-refractivity contribution in [3.05, 3.63) is 58.0 Å². The SMILES string of the molecule is Cc1ccc(/C=C/C(=O)N2CCN(CC(=O)Nc3ccc(F)cc3)CC2)s1. The molecule has 1 aromatic carbocycles. The standard InChI is InChI=1S/C20H22FN3O2S/c1-15-2-7-18(27-15)8-9-20(26)24-12-10-23(11-13-24)14-19(25)22-17-5-3-16(21)4-6-17/h2-9H,10-14H2,1H3,(H,22,25)/b9-8+. The average Bonchev–Trinajstić information content (AvgIpc) is 3.07. The number of hydrogen-bond acceptors (Lipinski definition) is 4. The summed E-state index contributed by atoms with van der Waals surface area (Å²) in [7, 11) is 0.